The van der Waals surface area contributed by atoms with Crippen LogP contribution in [-0.4, -0.2) is 11.3 Å². The molecule has 1 aliphatic rings. The van der Waals surface area contributed by atoms with Crippen LogP contribution in [0.3, 0.4) is 0 Å². The summed E-state index contributed by atoms with van der Waals surface area (Å²) in [6.07, 6.45) is 1.79. The summed E-state index contributed by atoms with van der Waals surface area (Å²) in [6.45, 7) is 0.547. The Morgan fingerprint density at radius 1 is 0.893 bits per heavy atom. The van der Waals surface area contributed by atoms with E-state index in [1.54, 1.807) is 18.5 Å². The van der Waals surface area contributed by atoms with Crippen molar-refractivity contribution in [2.75, 3.05) is 0 Å². The summed E-state index contributed by atoms with van der Waals surface area (Å²) in [7, 11) is 0. The molecule has 142 valence electrons. The van der Waals surface area contributed by atoms with Crippen LogP contribution in [0.15, 0.2) is 77.8 Å². The van der Waals surface area contributed by atoms with Crippen LogP contribution in [0, 0.1) is 5.82 Å². The van der Waals surface area contributed by atoms with Gasteiger partial charge in [-0.3, -0.25) is 10.0 Å². The Bertz CT molecular complexity index is 991. The van der Waals surface area contributed by atoms with E-state index in [1.807, 2.05) is 53.5 Å². The Hall–Kier alpha value is -2.40. The van der Waals surface area contributed by atoms with E-state index in [-0.39, 0.29) is 17.9 Å². The molecule has 3 aromatic rings. The van der Waals surface area contributed by atoms with Crippen molar-refractivity contribution in [2.24, 2.45) is 4.99 Å². The van der Waals surface area contributed by atoms with Crippen molar-refractivity contribution < 1.29 is 4.39 Å². The van der Waals surface area contributed by atoms with Gasteiger partial charge in [0.15, 0.2) is 0 Å². The molecule has 1 N–H and O–H groups in total. The maximum absolute atomic E-state index is 13.1. The Morgan fingerprint density at radius 3 is 2.21 bits per heavy atom. The lowest BCUT2D eigenvalue weighted by Crippen LogP contribution is -2.38. The molecule has 6 heteroatoms. The molecule has 0 saturated carbocycles. The molecule has 0 unspecified atom stereocenters. The summed E-state index contributed by atoms with van der Waals surface area (Å²) in [5, 5.41) is 3.32. The van der Waals surface area contributed by atoms with Gasteiger partial charge in [-0.25, -0.2) is 9.82 Å². The number of benzene rings is 3. The highest BCUT2D eigenvalue weighted by Crippen LogP contribution is 2.40. The number of halogens is 3. The molecule has 3 aromatic carbocycles. The average molecular weight is 414 g/mol. The topological polar surface area (TPSA) is 27.6 Å². The first-order valence-electron chi connectivity index (χ1n) is 8.91. The van der Waals surface area contributed by atoms with E-state index in [2.05, 4.69) is 5.43 Å². The zero-order valence-electron chi connectivity index (χ0n) is 14.9. The van der Waals surface area contributed by atoms with Crippen molar-refractivity contribution in [2.45, 2.75) is 18.6 Å². The number of hydrogen-bond donors (Lipinski definition) is 1. The monoisotopic (exact) mass is 413 g/mol. The van der Waals surface area contributed by atoms with Crippen molar-refractivity contribution in [3.8, 4) is 0 Å². The summed E-state index contributed by atoms with van der Waals surface area (Å²) in [5.74, 6) is -0.246. The first-order valence-corrected chi connectivity index (χ1v) is 9.66. The molecular weight excluding hydrogens is 396 g/mol. The number of nitrogens with zero attached hydrogens (tertiary/aromatic N) is 2. The molecule has 3 nitrogen and oxygen atoms in total. The zero-order chi connectivity index (χ0) is 19.5. The van der Waals surface area contributed by atoms with Gasteiger partial charge in [0.25, 0.3) is 0 Å². The molecule has 0 radical (unpaired) electrons. The van der Waals surface area contributed by atoms with Gasteiger partial charge in [-0.1, -0.05) is 59.6 Å². The van der Waals surface area contributed by atoms with Crippen molar-refractivity contribution in [3.05, 3.63) is 105 Å². The second-order valence-electron chi connectivity index (χ2n) is 6.63. The van der Waals surface area contributed by atoms with Gasteiger partial charge in [0, 0.05) is 16.6 Å². The minimum absolute atomic E-state index is 0.0855. The SMILES string of the molecule is Fc1ccc(CNN2C=N[C@@H](c3cccc(Cl)c3)[C@H]2c2cccc(Cl)c2)cc1. The summed E-state index contributed by atoms with van der Waals surface area (Å²) in [5.41, 5.74) is 6.43. The number of hydrogen-bond acceptors (Lipinski definition) is 3. The average Bonchev–Trinajstić information content (AvgIpc) is 3.11. The van der Waals surface area contributed by atoms with Crippen molar-refractivity contribution >= 4 is 29.5 Å². The Labute approximate surface area is 173 Å². The minimum atomic E-state index is -0.246. The highest BCUT2D eigenvalue weighted by atomic mass is 35.5. The predicted molar refractivity (Wildman–Crippen MR) is 112 cm³/mol. The van der Waals surface area contributed by atoms with E-state index in [9.17, 15) is 4.39 Å². The summed E-state index contributed by atoms with van der Waals surface area (Å²) in [6, 6.07) is 21.7. The third-order valence-electron chi connectivity index (χ3n) is 4.71. The lowest BCUT2D eigenvalue weighted by Gasteiger charge is -2.29. The molecule has 2 atom stereocenters. The Balaban J connectivity index is 1.61. The third kappa shape index (κ3) is 4.20. The van der Waals surface area contributed by atoms with Crippen LogP contribution in [0.4, 0.5) is 4.39 Å². The highest BCUT2D eigenvalue weighted by molar-refractivity contribution is 6.30. The molecule has 0 fully saturated rings. The molecule has 0 aromatic heterocycles. The van der Waals surface area contributed by atoms with Crippen LogP contribution in [0.2, 0.25) is 10.0 Å². The molecule has 0 saturated heterocycles. The van der Waals surface area contributed by atoms with Crippen LogP contribution in [0.25, 0.3) is 0 Å². The Kier molecular flexibility index (Phi) is 5.62. The fraction of sp³-hybridized carbons (Fsp3) is 0.136. The van der Waals surface area contributed by atoms with E-state index in [0.29, 0.717) is 16.6 Å². The lowest BCUT2D eigenvalue weighted by atomic mass is 9.94. The number of hydrazine groups is 1. The van der Waals surface area contributed by atoms with Crippen LogP contribution in [0.1, 0.15) is 28.8 Å². The first kappa shape index (κ1) is 18.9. The maximum atomic E-state index is 13.1. The van der Waals surface area contributed by atoms with Gasteiger partial charge in [0.1, 0.15) is 18.2 Å². The van der Waals surface area contributed by atoms with E-state index in [4.69, 9.17) is 28.2 Å². The zero-order valence-corrected chi connectivity index (χ0v) is 16.4. The number of nitrogens with one attached hydrogen (secondary N) is 1. The van der Waals surface area contributed by atoms with E-state index in [0.717, 1.165) is 16.7 Å². The molecule has 1 aliphatic heterocycles. The smallest absolute Gasteiger partial charge is 0.123 e. The molecular formula is C22H18Cl2FN3. The molecule has 1 heterocycles. The third-order valence-corrected chi connectivity index (χ3v) is 5.18. The van der Waals surface area contributed by atoms with Gasteiger partial charge >= 0.3 is 0 Å². The molecule has 0 aliphatic carbocycles. The summed E-state index contributed by atoms with van der Waals surface area (Å²) < 4.78 is 13.1. The standard InChI is InChI=1S/C22H18Cl2FN3/c23-18-5-1-3-16(11-18)21-22(17-4-2-6-19(24)12-17)28(14-26-21)27-13-15-7-9-20(25)10-8-15/h1-12,14,21-22,27H,13H2/t21-,22+/m0/s1. The molecule has 0 bridgehead atoms. The Morgan fingerprint density at radius 2 is 1.54 bits per heavy atom. The molecule has 0 spiro atoms. The molecule has 0 amide bonds. The fourth-order valence-electron chi connectivity index (χ4n) is 3.37. The van der Waals surface area contributed by atoms with Crippen LogP contribution in [0.5, 0.6) is 0 Å². The van der Waals surface area contributed by atoms with Crippen LogP contribution in [-0.2, 0) is 6.54 Å². The van der Waals surface area contributed by atoms with Gasteiger partial charge in [-0.2, -0.15) is 0 Å². The summed E-state index contributed by atoms with van der Waals surface area (Å²) in [4.78, 5) is 4.72. The number of rotatable bonds is 5. The molecule has 4 rings (SSSR count). The van der Waals surface area contributed by atoms with Gasteiger partial charge in [0.05, 0.1) is 6.04 Å². The van der Waals surface area contributed by atoms with Crippen LogP contribution >= 0.6 is 23.2 Å². The van der Waals surface area contributed by atoms with Crippen molar-refractivity contribution in [3.63, 3.8) is 0 Å². The fourth-order valence-corrected chi connectivity index (χ4v) is 3.76. The normalized spacial score (nSPS) is 18.6. The lowest BCUT2D eigenvalue weighted by molar-refractivity contribution is 0.232. The van der Waals surface area contributed by atoms with E-state index < -0.39 is 0 Å². The quantitative estimate of drug-likeness (QED) is 0.558. The minimum Gasteiger partial charge on any atom is -0.288 e. The van der Waals surface area contributed by atoms with E-state index in [1.165, 1.54) is 12.1 Å². The van der Waals surface area contributed by atoms with E-state index >= 15 is 0 Å². The highest BCUT2D eigenvalue weighted by Gasteiger charge is 2.33. The van der Waals surface area contributed by atoms with Crippen molar-refractivity contribution in [1.29, 1.82) is 0 Å². The van der Waals surface area contributed by atoms with Gasteiger partial charge in [-0.05, 0) is 53.1 Å². The maximum Gasteiger partial charge on any atom is 0.123 e. The van der Waals surface area contributed by atoms with Gasteiger partial charge in [0.2, 0.25) is 0 Å². The van der Waals surface area contributed by atoms with Crippen LogP contribution < -0.4 is 5.43 Å². The van der Waals surface area contributed by atoms with Crippen molar-refractivity contribution in [1.82, 2.24) is 10.4 Å². The second-order valence-corrected chi connectivity index (χ2v) is 7.51. The molecule has 28 heavy (non-hydrogen) atoms. The second kappa shape index (κ2) is 8.31. The predicted octanol–water partition coefficient (Wildman–Crippen LogP) is 5.96. The number of aliphatic imine (C=N–C) groups is 1. The first-order chi connectivity index (χ1) is 13.6. The van der Waals surface area contributed by atoms with Gasteiger partial charge in [-0.15, -0.1) is 0 Å². The largest absolute Gasteiger partial charge is 0.288 e. The van der Waals surface area contributed by atoms with Gasteiger partial charge < -0.3 is 0 Å². The summed E-state index contributed by atoms with van der Waals surface area (Å²) >= 11 is 12.4.